The van der Waals surface area contributed by atoms with E-state index >= 15 is 0 Å². The van der Waals surface area contributed by atoms with E-state index in [-0.39, 0.29) is 0 Å². The Labute approximate surface area is 121 Å². The molecule has 20 heavy (non-hydrogen) atoms. The Bertz CT molecular complexity index is 479. The first-order valence-corrected chi connectivity index (χ1v) is 7.27. The van der Waals surface area contributed by atoms with E-state index in [1.165, 1.54) is 11.1 Å². The average Bonchev–Trinajstić information content (AvgIpc) is 2.94. The second-order valence-corrected chi connectivity index (χ2v) is 4.84. The van der Waals surface area contributed by atoms with Crippen LogP contribution in [-0.4, -0.2) is 13.2 Å². The van der Waals surface area contributed by atoms with Crippen LogP contribution in [0.3, 0.4) is 0 Å². The van der Waals surface area contributed by atoms with E-state index in [9.17, 15) is 0 Å². The van der Waals surface area contributed by atoms with Crippen LogP contribution in [0.1, 0.15) is 30.2 Å². The molecule has 0 amide bonds. The number of rotatable bonds is 9. The Hall–Kier alpha value is -1.58. The fourth-order valence-electron chi connectivity index (χ4n) is 2.06. The number of ether oxygens (including phenoxy) is 1. The van der Waals surface area contributed by atoms with Crippen molar-refractivity contribution in [1.82, 2.24) is 5.32 Å². The molecule has 1 aromatic heterocycles. The SMILES string of the molecule is CCNCc1coc(COCCCc2ccccc2)c1. The molecule has 2 aromatic rings. The van der Waals surface area contributed by atoms with E-state index in [1.807, 2.05) is 6.07 Å². The molecule has 1 N–H and O–H groups in total. The number of nitrogens with one attached hydrogen (secondary N) is 1. The van der Waals surface area contributed by atoms with Crippen LogP contribution < -0.4 is 5.32 Å². The van der Waals surface area contributed by atoms with E-state index in [1.54, 1.807) is 6.26 Å². The van der Waals surface area contributed by atoms with Crippen LogP contribution in [0.4, 0.5) is 0 Å². The van der Waals surface area contributed by atoms with Crippen LogP contribution in [0.25, 0.3) is 0 Å². The summed E-state index contributed by atoms with van der Waals surface area (Å²) in [7, 11) is 0. The summed E-state index contributed by atoms with van der Waals surface area (Å²) in [5.41, 5.74) is 2.54. The van der Waals surface area contributed by atoms with Gasteiger partial charge in [-0.05, 0) is 31.0 Å². The summed E-state index contributed by atoms with van der Waals surface area (Å²) in [5, 5.41) is 3.27. The summed E-state index contributed by atoms with van der Waals surface area (Å²) in [5.74, 6) is 0.901. The molecule has 0 atom stereocenters. The monoisotopic (exact) mass is 273 g/mol. The molecule has 1 heterocycles. The third kappa shape index (κ3) is 5.19. The van der Waals surface area contributed by atoms with Gasteiger partial charge >= 0.3 is 0 Å². The summed E-state index contributed by atoms with van der Waals surface area (Å²) in [6, 6.07) is 12.6. The van der Waals surface area contributed by atoms with Gasteiger partial charge in [0.1, 0.15) is 12.4 Å². The lowest BCUT2D eigenvalue weighted by molar-refractivity contribution is 0.104. The fourth-order valence-corrected chi connectivity index (χ4v) is 2.06. The highest BCUT2D eigenvalue weighted by Crippen LogP contribution is 2.09. The van der Waals surface area contributed by atoms with Gasteiger partial charge in [0.15, 0.2) is 0 Å². The Kier molecular flexibility index (Phi) is 6.35. The number of hydrogen-bond donors (Lipinski definition) is 1. The van der Waals surface area contributed by atoms with Gasteiger partial charge in [-0.25, -0.2) is 0 Å². The fraction of sp³-hybridized carbons (Fsp3) is 0.412. The van der Waals surface area contributed by atoms with Gasteiger partial charge in [0.25, 0.3) is 0 Å². The van der Waals surface area contributed by atoms with Gasteiger partial charge in [-0.1, -0.05) is 37.3 Å². The first-order valence-electron chi connectivity index (χ1n) is 7.27. The summed E-state index contributed by atoms with van der Waals surface area (Å²) >= 11 is 0. The summed E-state index contributed by atoms with van der Waals surface area (Å²) in [6.45, 7) is 5.24. The van der Waals surface area contributed by atoms with Crippen molar-refractivity contribution in [3.05, 3.63) is 59.5 Å². The Morgan fingerprint density at radius 2 is 2.00 bits per heavy atom. The lowest BCUT2D eigenvalue weighted by atomic mass is 10.1. The molecule has 0 aliphatic rings. The minimum absolute atomic E-state index is 0.556. The first kappa shape index (κ1) is 14.8. The van der Waals surface area contributed by atoms with Crippen molar-refractivity contribution in [3.63, 3.8) is 0 Å². The van der Waals surface area contributed by atoms with Crippen molar-refractivity contribution in [3.8, 4) is 0 Å². The minimum Gasteiger partial charge on any atom is -0.467 e. The highest BCUT2D eigenvalue weighted by Gasteiger charge is 2.01. The van der Waals surface area contributed by atoms with Gasteiger partial charge in [0.2, 0.25) is 0 Å². The van der Waals surface area contributed by atoms with Crippen molar-refractivity contribution < 1.29 is 9.15 Å². The number of furan rings is 1. The van der Waals surface area contributed by atoms with Crippen molar-refractivity contribution >= 4 is 0 Å². The maximum atomic E-state index is 5.65. The third-order valence-corrected chi connectivity index (χ3v) is 3.13. The molecule has 0 unspecified atom stereocenters. The number of hydrogen-bond acceptors (Lipinski definition) is 3. The van der Waals surface area contributed by atoms with E-state index in [0.29, 0.717) is 6.61 Å². The lowest BCUT2D eigenvalue weighted by Gasteiger charge is -2.02. The zero-order valence-corrected chi connectivity index (χ0v) is 12.1. The van der Waals surface area contributed by atoms with Crippen molar-refractivity contribution in [2.24, 2.45) is 0 Å². The zero-order chi connectivity index (χ0) is 14.0. The van der Waals surface area contributed by atoms with Gasteiger partial charge in [-0.3, -0.25) is 0 Å². The molecule has 3 nitrogen and oxygen atoms in total. The first-order chi connectivity index (χ1) is 9.88. The smallest absolute Gasteiger partial charge is 0.129 e. The predicted molar refractivity (Wildman–Crippen MR) is 80.5 cm³/mol. The van der Waals surface area contributed by atoms with Crippen LogP contribution in [0.15, 0.2) is 47.1 Å². The normalized spacial score (nSPS) is 10.8. The predicted octanol–water partition coefficient (Wildman–Crippen LogP) is 3.54. The molecule has 0 saturated carbocycles. The second kappa shape index (κ2) is 8.56. The lowest BCUT2D eigenvalue weighted by Crippen LogP contribution is -2.10. The molecule has 1 aromatic carbocycles. The summed E-state index contributed by atoms with van der Waals surface area (Å²) < 4.78 is 11.1. The van der Waals surface area contributed by atoms with Crippen molar-refractivity contribution in [1.29, 1.82) is 0 Å². The Morgan fingerprint density at radius 3 is 2.80 bits per heavy atom. The molecule has 3 heteroatoms. The van der Waals surface area contributed by atoms with Gasteiger partial charge in [-0.15, -0.1) is 0 Å². The molecule has 0 radical (unpaired) electrons. The molecule has 0 bridgehead atoms. The number of aryl methyl sites for hydroxylation is 1. The quantitative estimate of drug-likeness (QED) is 0.710. The molecule has 0 saturated heterocycles. The van der Waals surface area contributed by atoms with E-state index in [2.05, 4.69) is 42.6 Å². The maximum Gasteiger partial charge on any atom is 0.129 e. The summed E-state index contributed by atoms with van der Waals surface area (Å²) in [6.07, 6.45) is 3.89. The molecule has 108 valence electrons. The standard InChI is InChI=1S/C17H23NO2/c1-2-18-12-16-11-17(20-13-16)14-19-10-6-9-15-7-4-3-5-8-15/h3-5,7-8,11,13,18H,2,6,9-10,12,14H2,1H3. The van der Waals surface area contributed by atoms with Crippen LogP contribution in [-0.2, 0) is 24.3 Å². The second-order valence-electron chi connectivity index (χ2n) is 4.84. The van der Waals surface area contributed by atoms with Gasteiger partial charge < -0.3 is 14.5 Å². The highest BCUT2D eigenvalue weighted by atomic mass is 16.5. The molecule has 2 rings (SSSR count). The molecule has 0 fully saturated rings. The topological polar surface area (TPSA) is 34.4 Å². The van der Waals surface area contributed by atoms with Crippen LogP contribution >= 0.6 is 0 Å². The van der Waals surface area contributed by atoms with Crippen LogP contribution in [0.2, 0.25) is 0 Å². The Morgan fingerprint density at radius 1 is 1.15 bits per heavy atom. The molecule has 0 aliphatic carbocycles. The third-order valence-electron chi connectivity index (χ3n) is 3.13. The number of benzene rings is 1. The maximum absolute atomic E-state index is 5.65. The van der Waals surface area contributed by atoms with E-state index in [4.69, 9.17) is 9.15 Å². The highest BCUT2D eigenvalue weighted by molar-refractivity contribution is 5.14. The van der Waals surface area contributed by atoms with Gasteiger partial charge in [0, 0.05) is 18.7 Å². The van der Waals surface area contributed by atoms with Crippen LogP contribution in [0.5, 0.6) is 0 Å². The summed E-state index contributed by atoms with van der Waals surface area (Å²) in [4.78, 5) is 0. The van der Waals surface area contributed by atoms with Crippen molar-refractivity contribution in [2.75, 3.05) is 13.2 Å². The average molecular weight is 273 g/mol. The largest absolute Gasteiger partial charge is 0.467 e. The Balaban J connectivity index is 1.60. The zero-order valence-electron chi connectivity index (χ0n) is 12.1. The van der Waals surface area contributed by atoms with E-state index in [0.717, 1.165) is 38.3 Å². The molecule has 0 spiro atoms. The van der Waals surface area contributed by atoms with Gasteiger partial charge in [0.05, 0.1) is 6.26 Å². The van der Waals surface area contributed by atoms with E-state index < -0.39 is 0 Å². The van der Waals surface area contributed by atoms with Crippen molar-refractivity contribution in [2.45, 2.75) is 32.9 Å². The van der Waals surface area contributed by atoms with Crippen LogP contribution in [0, 0.1) is 0 Å². The molecule has 0 aliphatic heterocycles. The van der Waals surface area contributed by atoms with Gasteiger partial charge in [-0.2, -0.15) is 0 Å². The minimum atomic E-state index is 0.556. The molecular weight excluding hydrogens is 250 g/mol. The molecular formula is C17H23NO2.